The lowest BCUT2D eigenvalue weighted by Gasteiger charge is -2.12. The number of amides is 3. The van der Waals surface area contributed by atoms with Crippen LogP contribution in [0, 0.1) is 0 Å². The molecule has 1 heterocycles. The molecule has 2 N–H and O–H groups in total. The molecule has 0 aliphatic carbocycles. The fourth-order valence-corrected chi connectivity index (χ4v) is 1.55. The number of nitrogens with zero attached hydrogens (tertiary/aromatic N) is 1. The molecule has 1 aliphatic heterocycles. The van der Waals surface area contributed by atoms with Crippen LogP contribution in [0.4, 0.5) is 0 Å². The van der Waals surface area contributed by atoms with Gasteiger partial charge in [-0.25, -0.2) is 0 Å². The lowest BCUT2D eigenvalue weighted by atomic mass is 10.3. The van der Waals surface area contributed by atoms with Crippen molar-refractivity contribution in [1.29, 1.82) is 0 Å². The van der Waals surface area contributed by atoms with Gasteiger partial charge >= 0.3 is 0 Å². The zero-order valence-electron chi connectivity index (χ0n) is 9.07. The number of rotatable bonds is 6. The van der Waals surface area contributed by atoms with Crippen molar-refractivity contribution in [2.24, 2.45) is 0 Å². The topological polar surface area (TPSA) is 86.7 Å². The molecule has 1 aliphatic rings. The SMILES string of the molecule is O=C(CCCN1C(=O)CCC1=O)NCCO. The second-order valence-corrected chi connectivity index (χ2v) is 3.62. The van der Waals surface area contributed by atoms with Gasteiger partial charge in [0.25, 0.3) is 0 Å². The van der Waals surface area contributed by atoms with E-state index < -0.39 is 0 Å². The third-order valence-electron chi connectivity index (χ3n) is 2.37. The van der Waals surface area contributed by atoms with E-state index in [9.17, 15) is 14.4 Å². The predicted molar refractivity (Wildman–Crippen MR) is 55.3 cm³/mol. The predicted octanol–water partition coefficient (Wildman–Crippen LogP) is -0.976. The fraction of sp³-hybridized carbons (Fsp3) is 0.700. The van der Waals surface area contributed by atoms with E-state index >= 15 is 0 Å². The minimum absolute atomic E-state index is 0.0885. The molecule has 16 heavy (non-hydrogen) atoms. The zero-order valence-corrected chi connectivity index (χ0v) is 9.07. The van der Waals surface area contributed by atoms with Crippen LogP contribution in [-0.2, 0) is 14.4 Å². The Kier molecular flexibility index (Phi) is 4.91. The number of aliphatic hydroxyl groups excluding tert-OH is 1. The maximum absolute atomic E-state index is 11.2. The lowest BCUT2D eigenvalue weighted by molar-refractivity contribution is -0.138. The minimum atomic E-state index is -0.173. The summed E-state index contributed by atoms with van der Waals surface area (Å²) < 4.78 is 0. The summed E-state index contributed by atoms with van der Waals surface area (Å²) in [6.07, 6.45) is 1.30. The van der Waals surface area contributed by atoms with Crippen LogP contribution in [0.15, 0.2) is 0 Å². The number of carbonyl (C=O) groups excluding carboxylic acids is 3. The molecule has 0 aromatic rings. The Hall–Kier alpha value is -1.43. The Morgan fingerprint density at radius 2 is 1.94 bits per heavy atom. The lowest BCUT2D eigenvalue weighted by Crippen LogP contribution is -2.32. The summed E-state index contributed by atoms with van der Waals surface area (Å²) >= 11 is 0. The van der Waals surface area contributed by atoms with Gasteiger partial charge in [-0.15, -0.1) is 0 Å². The van der Waals surface area contributed by atoms with Gasteiger partial charge in [-0.1, -0.05) is 0 Å². The smallest absolute Gasteiger partial charge is 0.229 e. The van der Waals surface area contributed by atoms with Gasteiger partial charge in [-0.2, -0.15) is 0 Å². The summed E-state index contributed by atoms with van der Waals surface area (Å²) in [4.78, 5) is 34.7. The highest BCUT2D eigenvalue weighted by atomic mass is 16.3. The van der Waals surface area contributed by atoms with Crippen molar-refractivity contribution in [3.8, 4) is 0 Å². The molecular formula is C10H16N2O4. The summed E-state index contributed by atoms with van der Waals surface area (Å²) in [5, 5.41) is 11.0. The van der Waals surface area contributed by atoms with Crippen LogP contribution in [0.5, 0.6) is 0 Å². The maximum Gasteiger partial charge on any atom is 0.229 e. The van der Waals surface area contributed by atoms with Crippen molar-refractivity contribution in [1.82, 2.24) is 10.2 Å². The summed E-state index contributed by atoms with van der Waals surface area (Å²) in [5.74, 6) is -0.477. The van der Waals surface area contributed by atoms with Crippen molar-refractivity contribution in [3.63, 3.8) is 0 Å². The van der Waals surface area contributed by atoms with E-state index in [1.54, 1.807) is 0 Å². The van der Waals surface area contributed by atoms with Crippen LogP contribution in [0.3, 0.4) is 0 Å². The molecule has 1 fully saturated rings. The average Bonchev–Trinajstić information content (AvgIpc) is 2.57. The molecule has 6 nitrogen and oxygen atoms in total. The first-order valence-electron chi connectivity index (χ1n) is 5.36. The van der Waals surface area contributed by atoms with E-state index in [-0.39, 0.29) is 50.1 Å². The highest BCUT2D eigenvalue weighted by Crippen LogP contribution is 2.12. The average molecular weight is 228 g/mol. The Morgan fingerprint density at radius 3 is 2.50 bits per heavy atom. The van der Waals surface area contributed by atoms with E-state index in [1.165, 1.54) is 4.90 Å². The van der Waals surface area contributed by atoms with E-state index in [2.05, 4.69) is 5.32 Å². The van der Waals surface area contributed by atoms with E-state index in [1.807, 2.05) is 0 Å². The first-order chi connectivity index (χ1) is 7.65. The summed E-state index contributed by atoms with van der Waals surface area (Å²) in [7, 11) is 0. The number of aliphatic hydroxyl groups is 1. The number of carbonyl (C=O) groups is 3. The van der Waals surface area contributed by atoms with Crippen molar-refractivity contribution in [2.75, 3.05) is 19.7 Å². The highest BCUT2D eigenvalue weighted by molar-refractivity contribution is 6.01. The largest absolute Gasteiger partial charge is 0.395 e. The van der Waals surface area contributed by atoms with Crippen molar-refractivity contribution in [3.05, 3.63) is 0 Å². The fourth-order valence-electron chi connectivity index (χ4n) is 1.55. The van der Waals surface area contributed by atoms with Crippen LogP contribution >= 0.6 is 0 Å². The summed E-state index contributed by atoms with van der Waals surface area (Å²) in [6.45, 7) is 0.458. The van der Waals surface area contributed by atoms with Gasteiger partial charge in [0.15, 0.2) is 0 Å². The third-order valence-corrected chi connectivity index (χ3v) is 2.37. The van der Waals surface area contributed by atoms with Crippen LogP contribution < -0.4 is 5.32 Å². The highest BCUT2D eigenvalue weighted by Gasteiger charge is 2.28. The number of nitrogens with one attached hydrogen (secondary N) is 1. The van der Waals surface area contributed by atoms with E-state index in [0.717, 1.165) is 0 Å². The molecular weight excluding hydrogens is 212 g/mol. The Labute approximate surface area is 93.6 Å². The normalized spacial score (nSPS) is 15.7. The van der Waals surface area contributed by atoms with Crippen LogP contribution in [-0.4, -0.2) is 47.4 Å². The first kappa shape index (κ1) is 12.6. The number of imide groups is 1. The van der Waals surface area contributed by atoms with Gasteiger partial charge in [-0.3, -0.25) is 19.3 Å². The van der Waals surface area contributed by atoms with Gasteiger partial charge in [0.05, 0.1) is 6.61 Å². The molecule has 0 spiro atoms. The third kappa shape index (κ3) is 3.62. The Morgan fingerprint density at radius 1 is 1.31 bits per heavy atom. The Bertz CT molecular complexity index is 275. The Balaban J connectivity index is 2.17. The van der Waals surface area contributed by atoms with E-state index in [0.29, 0.717) is 13.0 Å². The van der Waals surface area contributed by atoms with Crippen LogP contribution in [0.2, 0.25) is 0 Å². The maximum atomic E-state index is 11.2. The molecule has 0 radical (unpaired) electrons. The second kappa shape index (κ2) is 6.22. The van der Waals surface area contributed by atoms with Crippen molar-refractivity contribution >= 4 is 17.7 Å². The molecule has 0 saturated carbocycles. The number of likely N-dealkylation sites (tertiary alicyclic amines) is 1. The summed E-state index contributed by atoms with van der Waals surface area (Å²) in [6, 6.07) is 0. The van der Waals surface area contributed by atoms with E-state index in [4.69, 9.17) is 5.11 Å². The molecule has 0 unspecified atom stereocenters. The molecule has 90 valence electrons. The van der Waals surface area contributed by atoms with Gasteiger partial charge < -0.3 is 10.4 Å². The standard InChI is InChI=1S/C10H16N2O4/c13-7-5-11-8(14)2-1-6-12-9(15)3-4-10(12)16/h13H,1-7H2,(H,11,14). The van der Waals surface area contributed by atoms with Gasteiger partial charge in [0.2, 0.25) is 17.7 Å². The summed E-state index contributed by atoms with van der Waals surface area (Å²) in [5.41, 5.74) is 0. The molecule has 1 rings (SSSR count). The number of hydrogen-bond donors (Lipinski definition) is 2. The molecule has 0 aromatic heterocycles. The molecule has 0 bridgehead atoms. The molecule has 6 heteroatoms. The molecule has 0 aromatic carbocycles. The monoisotopic (exact) mass is 228 g/mol. The minimum Gasteiger partial charge on any atom is -0.395 e. The van der Waals surface area contributed by atoms with Crippen molar-refractivity contribution in [2.45, 2.75) is 25.7 Å². The second-order valence-electron chi connectivity index (χ2n) is 3.62. The molecule has 3 amide bonds. The molecule has 1 saturated heterocycles. The van der Waals surface area contributed by atoms with Gasteiger partial charge in [0.1, 0.15) is 0 Å². The van der Waals surface area contributed by atoms with Crippen molar-refractivity contribution < 1.29 is 19.5 Å². The van der Waals surface area contributed by atoms with Crippen LogP contribution in [0.1, 0.15) is 25.7 Å². The first-order valence-corrected chi connectivity index (χ1v) is 5.36. The van der Waals surface area contributed by atoms with Gasteiger partial charge in [0, 0.05) is 32.4 Å². The quantitative estimate of drug-likeness (QED) is 0.572. The molecule has 0 atom stereocenters. The number of hydrogen-bond acceptors (Lipinski definition) is 4. The van der Waals surface area contributed by atoms with Gasteiger partial charge in [-0.05, 0) is 6.42 Å². The zero-order chi connectivity index (χ0) is 12.0. The van der Waals surface area contributed by atoms with Crippen LogP contribution in [0.25, 0.3) is 0 Å².